The fourth-order valence-corrected chi connectivity index (χ4v) is 4.36. The lowest BCUT2D eigenvalue weighted by atomic mass is 9.87. The van der Waals surface area contributed by atoms with Gasteiger partial charge in [-0.3, -0.25) is 0 Å². The minimum atomic E-state index is 0. The van der Waals surface area contributed by atoms with E-state index in [0.29, 0.717) is 17.8 Å². The number of aromatic nitrogens is 3. The van der Waals surface area contributed by atoms with Crippen LogP contribution in [0.3, 0.4) is 0 Å². The Labute approximate surface area is 203 Å². The molecule has 1 unspecified atom stereocenters. The van der Waals surface area contributed by atoms with Crippen LogP contribution < -0.4 is 0 Å². The van der Waals surface area contributed by atoms with Crippen molar-refractivity contribution in [1.82, 2.24) is 14.8 Å². The van der Waals surface area contributed by atoms with E-state index in [1.807, 2.05) is 0 Å². The first-order chi connectivity index (χ1) is 15.4. The van der Waals surface area contributed by atoms with Crippen molar-refractivity contribution in [3.05, 3.63) is 72.3 Å². The molecule has 0 fully saturated rings. The molecule has 4 heteroatoms. The van der Waals surface area contributed by atoms with E-state index in [1.165, 1.54) is 27.4 Å². The number of para-hydroxylation sites is 1. The molecule has 0 amide bonds. The van der Waals surface area contributed by atoms with Crippen molar-refractivity contribution in [2.45, 2.75) is 67.3 Å². The molecule has 34 heavy (non-hydrogen) atoms. The van der Waals surface area contributed by atoms with Gasteiger partial charge in [0, 0.05) is 39.0 Å². The largest absolute Gasteiger partial charge is 0.416 e. The van der Waals surface area contributed by atoms with Crippen LogP contribution >= 0.6 is 0 Å². The zero-order chi connectivity index (χ0) is 22.5. The fraction of sp³-hybridized carbons (Fsp3) is 0.333. The molecule has 0 spiro atoms. The zero-order valence-corrected chi connectivity index (χ0v) is 19.4. The van der Waals surface area contributed by atoms with Gasteiger partial charge in [0.25, 0.3) is 0 Å². The van der Waals surface area contributed by atoms with Gasteiger partial charge >= 0.3 is 0 Å². The van der Waals surface area contributed by atoms with Crippen LogP contribution in [0, 0.1) is 0 Å². The fourth-order valence-electron chi connectivity index (χ4n) is 4.36. The summed E-state index contributed by atoms with van der Waals surface area (Å²) >= 11 is 0. The molecule has 2 heterocycles. The first-order valence-electron chi connectivity index (χ1n) is 11.3. The third kappa shape index (κ3) is 4.25. The average Bonchev–Trinajstić information content (AvgIpc) is 3.41. The van der Waals surface area contributed by atoms with Crippen LogP contribution in [0.2, 0.25) is 0 Å². The van der Waals surface area contributed by atoms with Crippen LogP contribution in [0.4, 0.5) is 0 Å². The third-order valence-electron chi connectivity index (χ3n) is 6.41. The second-order valence-corrected chi connectivity index (χ2v) is 9.62. The minimum absolute atomic E-state index is 0. The second-order valence-electron chi connectivity index (χ2n) is 9.62. The number of hydrogen-bond donors (Lipinski definition) is 0. The lowest BCUT2D eigenvalue weighted by Crippen LogP contribution is -2.10. The number of benzene rings is 3. The normalized spacial score (nSPS) is 12.4. The van der Waals surface area contributed by atoms with Crippen molar-refractivity contribution in [2.75, 3.05) is 0 Å². The van der Waals surface area contributed by atoms with E-state index in [2.05, 4.69) is 116 Å². The summed E-state index contributed by atoms with van der Waals surface area (Å²) in [5.41, 5.74) is 5.77. The van der Waals surface area contributed by atoms with Crippen molar-refractivity contribution in [1.29, 1.82) is 0 Å². The van der Waals surface area contributed by atoms with E-state index in [1.54, 1.807) is 0 Å². The molecule has 3 aromatic carbocycles. The van der Waals surface area contributed by atoms with Crippen molar-refractivity contribution in [3.63, 3.8) is 0 Å². The molecule has 0 saturated carbocycles. The highest BCUT2D eigenvalue weighted by molar-refractivity contribution is 6.09. The maximum absolute atomic E-state index is 6.09. The Kier molecular flexibility index (Phi) is 7.02. The van der Waals surface area contributed by atoms with Crippen molar-refractivity contribution in [3.8, 4) is 22.9 Å². The van der Waals surface area contributed by atoms with Gasteiger partial charge in [0.2, 0.25) is 11.8 Å². The highest BCUT2D eigenvalue weighted by Gasteiger charge is 2.18. The molecule has 5 rings (SSSR count). The molecule has 2 aromatic heterocycles. The second kappa shape index (κ2) is 9.46. The van der Waals surface area contributed by atoms with Gasteiger partial charge in [-0.25, -0.2) is 0 Å². The van der Waals surface area contributed by atoms with E-state index in [0.717, 1.165) is 17.5 Å². The quantitative estimate of drug-likeness (QED) is 0.271. The van der Waals surface area contributed by atoms with Gasteiger partial charge in [0.15, 0.2) is 0 Å². The van der Waals surface area contributed by atoms with E-state index in [-0.39, 0.29) is 20.3 Å². The first-order valence-corrected chi connectivity index (χ1v) is 11.3. The van der Waals surface area contributed by atoms with Crippen LogP contribution in [0.15, 0.2) is 71.1 Å². The lowest BCUT2D eigenvalue weighted by Gasteiger charge is -2.18. The summed E-state index contributed by atoms with van der Waals surface area (Å²) in [4.78, 5) is 0. The summed E-state index contributed by atoms with van der Waals surface area (Å²) in [6, 6.07) is 23.8. The number of nitrogens with zero attached hydrogens (tertiary/aromatic N) is 3. The highest BCUT2D eigenvalue weighted by atomic mass is 16.4. The first kappa shape index (κ1) is 25.2. The molecule has 0 aliphatic rings. The third-order valence-corrected chi connectivity index (χ3v) is 6.41. The molecule has 0 radical (unpaired) electrons. The molecular formula is C30H37N3O. The summed E-state index contributed by atoms with van der Waals surface area (Å²) in [5, 5.41) is 11.1. The van der Waals surface area contributed by atoms with Gasteiger partial charge < -0.3 is 8.98 Å². The monoisotopic (exact) mass is 455 g/mol. The lowest BCUT2D eigenvalue weighted by molar-refractivity contribution is 0.563. The summed E-state index contributed by atoms with van der Waals surface area (Å²) in [7, 11) is 0. The van der Waals surface area contributed by atoms with Crippen LogP contribution in [0.25, 0.3) is 44.7 Å². The van der Waals surface area contributed by atoms with E-state index >= 15 is 0 Å². The standard InChI is InChI=1S/C28H29N3O.2CH4/c1-6-18(2)31-24-10-8-7-9-22(24)23-17-20(13-16-25(23)31)27-30-29-26(32-27)19-11-14-21(15-12-19)28(3,4)5;;/h7-18H,6H2,1-5H3;2*1H4. The van der Waals surface area contributed by atoms with E-state index < -0.39 is 0 Å². The summed E-state index contributed by atoms with van der Waals surface area (Å²) < 4.78 is 8.52. The molecule has 178 valence electrons. The molecular weight excluding hydrogens is 418 g/mol. The number of rotatable bonds is 4. The van der Waals surface area contributed by atoms with Crippen molar-refractivity contribution >= 4 is 21.8 Å². The molecule has 0 N–H and O–H groups in total. The number of hydrogen-bond acceptors (Lipinski definition) is 3. The molecule has 1 atom stereocenters. The smallest absolute Gasteiger partial charge is 0.248 e. The van der Waals surface area contributed by atoms with Gasteiger partial charge in [0.05, 0.1) is 0 Å². The predicted octanol–water partition coefficient (Wildman–Crippen LogP) is 9.05. The van der Waals surface area contributed by atoms with Gasteiger partial charge in [-0.15, -0.1) is 10.2 Å². The van der Waals surface area contributed by atoms with Crippen molar-refractivity contribution in [2.24, 2.45) is 0 Å². The maximum atomic E-state index is 6.09. The van der Waals surface area contributed by atoms with Crippen molar-refractivity contribution < 1.29 is 4.42 Å². The Bertz CT molecular complexity index is 1400. The molecule has 0 bridgehead atoms. The predicted molar refractivity (Wildman–Crippen MR) is 145 cm³/mol. The Hall–Kier alpha value is -3.40. The Morgan fingerprint density at radius 2 is 1.38 bits per heavy atom. The van der Waals surface area contributed by atoms with Gasteiger partial charge in [-0.1, -0.05) is 72.9 Å². The zero-order valence-electron chi connectivity index (χ0n) is 19.4. The van der Waals surface area contributed by atoms with Crippen LogP contribution in [0.1, 0.15) is 67.5 Å². The van der Waals surface area contributed by atoms with Gasteiger partial charge in [0.1, 0.15) is 0 Å². The van der Waals surface area contributed by atoms with E-state index in [9.17, 15) is 0 Å². The summed E-state index contributed by atoms with van der Waals surface area (Å²) in [5.74, 6) is 1.09. The van der Waals surface area contributed by atoms with Gasteiger partial charge in [-0.2, -0.15) is 0 Å². The molecule has 4 nitrogen and oxygen atoms in total. The maximum Gasteiger partial charge on any atom is 0.248 e. The highest BCUT2D eigenvalue weighted by Crippen LogP contribution is 2.35. The number of fused-ring (bicyclic) bond motifs is 3. The average molecular weight is 456 g/mol. The Balaban J connectivity index is 0.00000162. The van der Waals surface area contributed by atoms with Crippen LogP contribution in [-0.2, 0) is 5.41 Å². The Morgan fingerprint density at radius 1 is 0.794 bits per heavy atom. The molecule has 0 aliphatic heterocycles. The molecule has 0 aliphatic carbocycles. The van der Waals surface area contributed by atoms with E-state index in [4.69, 9.17) is 4.42 Å². The topological polar surface area (TPSA) is 43.9 Å². The minimum Gasteiger partial charge on any atom is -0.416 e. The SMILES string of the molecule is C.C.CCC(C)n1c2ccccc2c2cc(-c3nnc(-c4ccc(C(C)(C)C)cc4)o3)ccc21. The van der Waals surface area contributed by atoms with Crippen LogP contribution in [-0.4, -0.2) is 14.8 Å². The van der Waals surface area contributed by atoms with Gasteiger partial charge in [-0.05, 0) is 60.7 Å². The molecule has 5 aromatic rings. The summed E-state index contributed by atoms with van der Waals surface area (Å²) in [6.07, 6.45) is 1.08. The molecule has 0 saturated heterocycles. The summed E-state index contributed by atoms with van der Waals surface area (Å²) in [6.45, 7) is 11.1. The Morgan fingerprint density at radius 3 is 2.03 bits per heavy atom. The van der Waals surface area contributed by atoms with Crippen LogP contribution in [0.5, 0.6) is 0 Å².